The minimum atomic E-state index is -1.34. The number of hydrogen-bond acceptors (Lipinski definition) is 15. The SMILES string of the molecule is CC[C@H](C)[C@H](NC(=O)CNC(=O)CNC(=O)[C@H](CCC(=O)O)NC(=O)Cc1ccc(CN2CCN(CC(=O)O)CCN(CC(=O)O)CC2)cc1)C(=O)N[C@H]1CCc2cccc3c2N(C1=O)[C@H](C(=O)NC1COC(=O)C1)C3. The van der Waals surface area contributed by atoms with Gasteiger partial charge in [0, 0.05) is 58.7 Å². The van der Waals surface area contributed by atoms with E-state index in [1.54, 1.807) is 35.8 Å². The van der Waals surface area contributed by atoms with Gasteiger partial charge in [-0.05, 0) is 47.4 Å². The Hall–Kier alpha value is -7.51. The van der Waals surface area contributed by atoms with Gasteiger partial charge in [0.2, 0.25) is 41.4 Å². The minimum Gasteiger partial charge on any atom is -0.481 e. The number of amides is 7. The van der Waals surface area contributed by atoms with E-state index in [1.165, 1.54) is 4.90 Å². The maximum atomic E-state index is 14.3. The van der Waals surface area contributed by atoms with Gasteiger partial charge in [-0.2, -0.15) is 0 Å². The second-order valence-electron chi connectivity index (χ2n) is 19.6. The fourth-order valence-corrected chi connectivity index (χ4v) is 9.63. The lowest BCUT2D eigenvalue weighted by Gasteiger charge is -2.30. The van der Waals surface area contributed by atoms with Crippen LogP contribution >= 0.6 is 0 Å². The first-order chi connectivity index (χ1) is 36.3. The van der Waals surface area contributed by atoms with Crippen LogP contribution in [0.1, 0.15) is 68.2 Å². The van der Waals surface area contributed by atoms with Crippen LogP contribution in [0.15, 0.2) is 42.5 Å². The number of cyclic esters (lactones) is 1. The number of para-hydroxylation sites is 1. The second kappa shape index (κ2) is 27.3. The Kier molecular flexibility index (Phi) is 20.8. The Morgan fingerprint density at radius 3 is 1.92 bits per heavy atom. The van der Waals surface area contributed by atoms with Gasteiger partial charge in [0.25, 0.3) is 0 Å². The minimum absolute atomic E-state index is 0.00971. The number of carbonyl (C=O) groups is 11. The quantitative estimate of drug-likeness (QED) is 0.0502. The number of hydrogen-bond donors (Lipinski definition) is 9. The molecular formula is C51H68N10O15. The van der Waals surface area contributed by atoms with E-state index in [1.807, 2.05) is 30.3 Å². The largest absolute Gasteiger partial charge is 0.481 e. The summed E-state index contributed by atoms with van der Waals surface area (Å²) >= 11 is 0. The average Bonchev–Trinajstić information content (AvgIpc) is 3.97. The molecular weight excluding hydrogens is 993 g/mol. The van der Waals surface area contributed by atoms with E-state index in [4.69, 9.17) is 4.74 Å². The molecule has 25 nitrogen and oxygen atoms in total. The van der Waals surface area contributed by atoms with E-state index in [9.17, 15) is 68.1 Å². The van der Waals surface area contributed by atoms with Crippen molar-refractivity contribution in [1.29, 1.82) is 0 Å². The number of carbonyl (C=O) groups excluding carboxylic acids is 8. The van der Waals surface area contributed by atoms with E-state index in [2.05, 4.69) is 36.8 Å². The first-order valence-corrected chi connectivity index (χ1v) is 25.5. The highest BCUT2D eigenvalue weighted by Crippen LogP contribution is 2.39. The number of carboxylic acid groups (broad SMARTS) is 3. The van der Waals surface area contributed by atoms with Crippen molar-refractivity contribution in [3.63, 3.8) is 0 Å². The zero-order chi connectivity index (χ0) is 55.1. The van der Waals surface area contributed by atoms with E-state index < -0.39 is 121 Å². The van der Waals surface area contributed by atoms with Gasteiger partial charge in [-0.3, -0.25) is 72.3 Å². The van der Waals surface area contributed by atoms with Crippen LogP contribution < -0.4 is 36.8 Å². The molecule has 4 aliphatic heterocycles. The van der Waals surface area contributed by atoms with Crippen LogP contribution in [0.3, 0.4) is 0 Å². The smallest absolute Gasteiger partial charge is 0.317 e. The highest BCUT2D eigenvalue weighted by atomic mass is 16.5. The number of anilines is 1. The summed E-state index contributed by atoms with van der Waals surface area (Å²) in [6.07, 6.45) is 0.330. The molecule has 0 saturated carbocycles. The average molecular weight is 1060 g/mol. The number of nitrogens with one attached hydrogen (secondary N) is 6. The molecule has 0 aromatic heterocycles. The first kappa shape index (κ1) is 57.8. The van der Waals surface area contributed by atoms with E-state index in [-0.39, 0.29) is 51.8 Å². The van der Waals surface area contributed by atoms with Gasteiger partial charge in [-0.1, -0.05) is 62.7 Å². The maximum absolute atomic E-state index is 14.3. The Balaban J connectivity index is 0.975. The Morgan fingerprint density at radius 2 is 1.32 bits per heavy atom. The van der Waals surface area contributed by atoms with Gasteiger partial charge in [0.15, 0.2) is 0 Å². The number of nitrogens with zero attached hydrogens (tertiary/aromatic N) is 4. The molecule has 1 unspecified atom stereocenters. The normalized spacial score (nSPS) is 20.2. The summed E-state index contributed by atoms with van der Waals surface area (Å²) in [6.45, 7) is 5.24. The molecule has 2 aromatic rings. The monoisotopic (exact) mass is 1060 g/mol. The van der Waals surface area contributed by atoms with E-state index in [0.29, 0.717) is 69.9 Å². The number of esters is 1. The lowest BCUT2D eigenvalue weighted by atomic mass is 9.97. The molecule has 0 spiro atoms. The van der Waals surface area contributed by atoms with Crippen molar-refractivity contribution >= 4 is 70.9 Å². The molecule has 2 fully saturated rings. The molecule has 9 N–H and O–H groups in total. The fraction of sp³-hybridized carbons (Fsp3) is 0.549. The lowest BCUT2D eigenvalue weighted by molar-refractivity contribution is -0.140. The molecule has 0 radical (unpaired) electrons. The summed E-state index contributed by atoms with van der Waals surface area (Å²) in [5, 5.41) is 43.6. The third kappa shape index (κ3) is 16.7. The maximum Gasteiger partial charge on any atom is 0.317 e. The van der Waals surface area contributed by atoms with Crippen LogP contribution in [-0.2, 0) is 83.3 Å². The second-order valence-corrected chi connectivity index (χ2v) is 19.6. The van der Waals surface area contributed by atoms with E-state index in [0.717, 1.165) is 16.7 Å². The molecule has 25 heteroatoms. The van der Waals surface area contributed by atoms with Crippen LogP contribution in [0.2, 0.25) is 0 Å². The summed E-state index contributed by atoms with van der Waals surface area (Å²) < 4.78 is 4.99. The highest BCUT2D eigenvalue weighted by Gasteiger charge is 2.45. The molecule has 6 rings (SSSR count). The summed E-state index contributed by atoms with van der Waals surface area (Å²) in [7, 11) is 0. The predicted molar refractivity (Wildman–Crippen MR) is 269 cm³/mol. The van der Waals surface area contributed by atoms with Gasteiger partial charge < -0.3 is 52.0 Å². The van der Waals surface area contributed by atoms with Crippen molar-refractivity contribution in [1.82, 2.24) is 46.6 Å². The molecule has 76 heavy (non-hydrogen) atoms. The summed E-state index contributed by atoms with van der Waals surface area (Å²) in [5.74, 6) is -8.69. The van der Waals surface area contributed by atoms with Gasteiger partial charge in [0.1, 0.15) is 30.8 Å². The van der Waals surface area contributed by atoms with Crippen LogP contribution in [0.25, 0.3) is 0 Å². The van der Waals surface area contributed by atoms with Gasteiger partial charge in [-0.25, -0.2) is 0 Å². The third-order valence-corrected chi connectivity index (χ3v) is 13.9. The molecule has 4 heterocycles. The first-order valence-electron chi connectivity index (χ1n) is 25.5. The summed E-state index contributed by atoms with van der Waals surface area (Å²) in [6, 6.07) is 7.59. The van der Waals surface area contributed by atoms with Gasteiger partial charge in [-0.15, -0.1) is 0 Å². The number of carboxylic acids is 3. The molecule has 4 aliphatic rings. The number of rotatable bonds is 24. The highest BCUT2D eigenvalue weighted by molar-refractivity contribution is 6.08. The van der Waals surface area contributed by atoms with Crippen molar-refractivity contribution in [3.05, 3.63) is 64.7 Å². The van der Waals surface area contributed by atoms with Crippen molar-refractivity contribution < 1.29 is 72.8 Å². The Morgan fingerprint density at radius 1 is 0.697 bits per heavy atom. The number of aryl methyl sites for hydroxylation is 1. The molecule has 412 valence electrons. The van der Waals surface area contributed by atoms with Crippen LogP contribution in [-0.4, -0.2) is 198 Å². The summed E-state index contributed by atoms with van der Waals surface area (Å²) in [5.41, 5.74) is 3.69. The molecule has 2 saturated heterocycles. The van der Waals surface area contributed by atoms with Crippen molar-refractivity contribution in [3.8, 4) is 0 Å². The topological polar surface area (TPSA) is 343 Å². The van der Waals surface area contributed by atoms with Crippen molar-refractivity contribution in [2.45, 2.75) is 102 Å². The zero-order valence-electron chi connectivity index (χ0n) is 42.7. The van der Waals surface area contributed by atoms with E-state index >= 15 is 0 Å². The Bertz CT molecular complexity index is 2480. The van der Waals surface area contributed by atoms with Crippen molar-refractivity contribution in [2.24, 2.45) is 5.92 Å². The predicted octanol–water partition coefficient (Wildman–Crippen LogP) is -2.25. The molecule has 7 amide bonds. The molecule has 6 atom stereocenters. The zero-order valence-corrected chi connectivity index (χ0v) is 42.7. The van der Waals surface area contributed by atoms with Crippen LogP contribution in [0, 0.1) is 5.92 Å². The van der Waals surface area contributed by atoms with Gasteiger partial charge in [0.05, 0.1) is 50.7 Å². The number of benzene rings is 2. The van der Waals surface area contributed by atoms with Crippen LogP contribution in [0.4, 0.5) is 5.69 Å². The summed E-state index contributed by atoms with van der Waals surface area (Å²) in [4.78, 5) is 147. The van der Waals surface area contributed by atoms with Crippen LogP contribution in [0.5, 0.6) is 0 Å². The molecule has 0 aliphatic carbocycles. The molecule has 2 aromatic carbocycles. The van der Waals surface area contributed by atoms with Crippen molar-refractivity contribution in [2.75, 3.05) is 77.0 Å². The number of ether oxygens (including phenoxy) is 1. The fourth-order valence-electron chi connectivity index (χ4n) is 9.63. The number of aliphatic carboxylic acids is 3. The standard InChI is InChI=1S/C51H68N10O15/c1-3-30(2)46(50(74)56-37-12-11-33-5-4-6-34-22-38(61(47(33)34)51(37)75)49(73)54-35-23-45(71)76-29-35)57-41(64)25-52-40(63)24-53-48(72)36(13-14-42(65)66)55-39(62)21-31-7-9-32(10-8-31)26-58-15-17-59(27-43(67)68)19-20-60(18-16-58)28-44(69)70/h4-10,30,35-38,46H,3,11-29H2,1-2H3,(H,52,63)(H,53,72)(H,54,73)(H,55,62)(H,56,74)(H,57,64)(H,65,66)(H,67,68)(H,69,70)/t30-,35?,36-,37-,38-,46-/m0/s1. The lowest BCUT2D eigenvalue weighted by Crippen LogP contribution is -2.59. The Labute approximate surface area is 438 Å². The third-order valence-electron chi connectivity index (χ3n) is 13.9. The van der Waals surface area contributed by atoms with Gasteiger partial charge >= 0.3 is 23.9 Å². The molecule has 0 bridgehead atoms.